The molecule has 2 saturated heterocycles. The van der Waals surface area contributed by atoms with E-state index in [1.54, 1.807) is 37.3 Å². The smallest absolute Gasteiger partial charge is 0.335 e. The highest BCUT2D eigenvalue weighted by Crippen LogP contribution is 2.57. The summed E-state index contributed by atoms with van der Waals surface area (Å²) in [5.41, 5.74) is 0.116. The fourth-order valence-electron chi connectivity index (χ4n) is 5.61. The quantitative estimate of drug-likeness (QED) is 0.484. The lowest BCUT2D eigenvalue weighted by molar-refractivity contribution is -0.173. The van der Waals surface area contributed by atoms with Crippen molar-refractivity contribution < 1.29 is 23.7 Å². The van der Waals surface area contributed by atoms with Gasteiger partial charge < -0.3 is 15.3 Å². The van der Waals surface area contributed by atoms with Crippen LogP contribution in [0.1, 0.15) is 23.6 Å². The average molecular weight is 503 g/mol. The second kappa shape index (κ2) is 9.02. The fraction of sp³-hybridized carbons (Fsp3) is 0.250. The number of carboxylic acid groups (broad SMARTS) is 1. The van der Waals surface area contributed by atoms with Gasteiger partial charge in [0.25, 0.3) is 5.91 Å². The van der Waals surface area contributed by atoms with Crippen LogP contribution in [0.4, 0.5) is 0 Å². The summed E-state index contributed by atoms with van der Waals surface area (Å²) in [7, 11) is -1.81. The van der Waals surface area contributed by atoms with E-state index in [0.717, 1.165) is 11.1 Å². The second-order valence-corrected chi connectivity index (χ2v) is 11.4. The summed E-state index contributed by atoms with van der Waals surface area (Å²) in [6, 6.07) is 25.8. The monoisotopic (exact) mass is 502 g/mol. The standard InChI is InChI=1S/C28H26N2O5S/c1-27(18-20-13-7-3-8-14-20)28(26(33)34,21-15-9-4-10-16-21)30-24(32)23(25(30)36(27)35)29-22(31)17-19-11-5-2-6-12-19/h2-16,23,25H,17-18H2,1H3,(H,29,31)(H,33,34)/t23-,25+,27-,28-,36+/m0/s1. The van der Waals surface area contributed by atoms with Crippen LogP contribution >= 0.6 is 0 Å². The lowest BCUT2D eigenvalue weighted by atomic mass is 9.72. The minimum absolute atomic E-state index is 0.0635. The number of amides is 2. The molecule has 2 N–H and O–H groups in total. The Morgan fingerprint density at radius 3 is 2.00 bits per heavy atom. The molecule has 0 radical (unpaired) electrons. The zero-order chi connectivity index (χ0) is 25.5. The van der Waals surface area contributed by atoms with E-state index in [-0.39, 0.29) is 18.7 Å². The first kappa shape index (κ1) is 23.9. The van der Waals surface area contributed by atoms with Crippen LogP contribution in [0.2, 0.25) is 0 Å². The van der Waals surface area contributed by atoms with E-state index < -0.39 is 44.4 Å². The Hall–Kier alpha value is -3.78. The molecule has 7 nitrogen and oxygen atoms in total. The summed E-state index contributed by atoms with van der Waals surface area (Å²) in [6.45, 7) is 1.67. The van der Waals surface area contributed by atoms with Gasteiger partial charge in [-0.25, -0.2) is 4.79 Å². The zero-order valence-electron chi connectivity index (χ0n) is 19.7. The first-order valence-corrected chi connectivity index (χ1v) is 12.9. The van der Waals surface area contributed by atoms with Gasteiger partial charge in [-0.15, -0.1) is 0 Å². The Balaban J connectivity index is 1.55. The zero-order valence-corrected chi connectivity index (χ0v) is 20.5. The van der Waals surface area contributed by atoms with Crippen molar-refractivity contribution in [2.24, 2.45) is 0 Å². The highest BCUT2D eigenvalue weighted by Gasteiger charge is 2.78. The molecule has 0 unspecified atom stereocenters. The predicted octanol–water partition coefficient (Wildman–Crippen LogP) is 2.63. The molecule has 0 aromatic heterocycles. The third kappa shape index (κ3) is 3.47. The molecule has 2 aliphatic heterocycles. The van der Waals surface area contributed by atoms with Gasteiger partial charge in [0, 0.05) is 0 Å². The van der Waals surface area contributed by atoms with Crippen molar-refractivity contribution in [1.82, 2.24) is 10.2 Å². The van der Waals surface area contributed by atoms with Crippen LogP contribution < -0.4 is 5.32 Å². The number of hydrogen-bond acceptors (Lipinski definition) is 4. The highest BCUT2D eigenvalue weighted by molar-refractivity contribution is 7.87. The van der Waals surface area contributed by atoms with E-state index >= 15 is 0 Å². The molecule has 184 valence electrons. The number of rotatable bonds is 7. The molecule has 0 bridgehead atoms. The van der Waals surface area contributed by atoms with Crippen LogP contribution in [0.15, 0.2) is 91.0 Å². The van der Waals surface area contributed by atoms with Gasteiger partial charge in [0.15, 0.2) is 5.54 Å². The number of fused-ring (bicyclic) bond motifs is 1. The molecule has 8 heteroatoms. The molecule has 2 heterocycles. The maximum atomic E-state index is 14.2. The first-order valence-electron chi connectivity index (χ1n) is 11.7. The number of carbonyl (C=O) groups excluding carboxylic acids is 2. The normalized spacial score (nSPS) is 28.8. The number of carboxylic acids is 1. The van der Waals surface area contributed by atoms with Crippen molar-refractivity contribution in [1.29, 1.82) is 0 Å². The molecule has 3 aromatic carbocycles. The summed E-state index contributed by atoms with van der Waals surface area (Å²) in [5, 5.41) is 12.5. The molecule has 2 aliphatic rings. The average Bonchev–Trinajstić information content (AvgIpc) is 3.06. The van der Waals surface area contributed by atoms with Crippen molar-refractivity contribution in [3.05, 3.63) is 108 Å². The van der Waals surface area contributed by atoms with E-state index in [4.69, 9.17) is 0 Å². The van der Waals surface area contributed by atoms with Crippen LogP contribution in [-0.2, 0) is 43.6 Å². The Morgan fingerprint density at radius 1 is 0.917 bits per heavy atom. The van der Waals surface area contributed by atoms with Gasteiger partial charge in [-0.3, -0.25) is 13.8 Å². The van der Waals surface area contributed by atoms with E-state index in [1.165, 1.54) is 4.90 Å². The number of hydrogen-bond donors (Lipinski definition) is 2. The molecule has 0 saturated carbocycles. The first-order chi connectivity index (χ1) is 17.3. The van der Waals surface area contributed by atoms with Crippen LogP contribution in [0.3, 0.4) is 0 Å². The lowest BCUT2D eigenvalue weighted by Gasteiger charge is -2.50. The van der Waals surface area contributed by atoms with Gasteiger partial charge in [0.2, 0.25) is 5.91 Å². The van der Waals surface area contributed by atoms with E-state index in [2.05, 4.69) is 5.32 Å². The molecule has 2 amide bonds. The summed E-state index contributed by atoms with van der Waals surface area (Å²) < 4.78 is 12.8. The third-order valence-corrected chi connectivity index (χ3v) is 9.49. The molecule has 5 rings (SSSR count). The maximum absolute atomic E-state index is 14.2. The fourth-order valence-corrected chi connectivity index (χ4v) is 7.93. The minimum atomic E-state index is -1.86. The minimum Gasteiger partial charge on any atom is -0.479 e. The van der Waals surface area contributed by atoms with Crippen LogP contribution in [0, 0.1) is 0 Å². The lowest BCUT2D eigenvalue weighted by Crippen LogP contribution is -2.74. The van der Waals surface area contributed by atoms with Crippen molar-refractivity contribution in [3.8, 4) is 0 Å². The Bertz CT molecular complexity index is 1330. The van der Waals surface area contributed by atoms with Gasteiger partial charge in [-0.05, 0) is 30.0 Å². The number of carbonyl (C=O) groups is 3. The predicted molar refractivity (Wildman–Crippen MR) is 135 cm³/mol. The largest absolute Gasteiger partial charge is 0.479 e. The number of nitrogens with zero attached hydrogens (tertiary/aromatic N) is 1. The maximum Gasteiger partial charge on any atom is 0.335 e. The van der Waals surface area contributed by atoms with Crippen molar-refractivity contribution in [2.75, 3.05) is 0 Å². The summed E-state index contributed by atoms with van der Waals surface area (Å²) >= 11 is 0. The SMILES string of the molecule is C[C@@]1(Cc2ccccc2)[S@](=O)[C@@H]2[C@@H](NC(=O)Cc3ccccc3)C(=O)N2[C@]1(C(=O)O)c1ccccc1. The molecule has 2 fully saturated rings. The number of aliphatic carboxylic acids is 1. The summed E-state index contributed by atoms with van der Waals surface area (Å²) in [6.07, 6.45) is 0.237. The van der Waals surface area contributed by atoms with Gasteiger partial charge in [-0.2, -0.15) is 0 Å². The van der Waals surface area contributed by atoms with Crippen LogP contribution in [0.25, 0.3) is 0 Å². The van der Waals surface area contributed by atoms with Crippen LogP contribution in [0.5, 0.6) is 0 Å². The summed E-state index contributed by atoms with van der Waals surface area (Å²) in [5.74, 6) is -2.17. The number of nitrogens with one attached hydrogen (secondary N) is 1. The molecule has 0 aliphatic carbocycles. The molecular formula is C28H26N2O5S. The highest BCUT2D eigenvalue weighted by atomic mass is 32.2. The van der Waals surface area contributed by atoms with Gasteiger partial charge >= 0.3 is 5.97 Å². The van der Waals surface area contributed by atoms with Gasteiger partial charge in [0.05, 0.1) is 22.0 Å². The van der Waals surface area contributed by atoms with E-state index in [1.807, 2.05) is 60.7 Å². The van der Waals surface area contributed by atoms with E-state index in [9.17, 15) is 23.7 Å². The van der Waals surface area contributed by atoms with Crippen molar-refractivity contribution in [2.45, 2.75) is 41.5 Å². The third-order valence-electron chi connectivity index (χ3n) is 7.24. The number of benzene rings is 3. The van der Waals surface area contributed by atoms with Crippen LogP contribution in [-0.4, -0.2) is 48.2 Å². The Kier molecular flexibility index (Phi) is 6.00. The Labute approximate surface area is 211 Å². The number of β-lactam (4-membered cyclic amide) rings is 1. The van der Waals surface area contributed by atoms with Gasteiger partial charge in [0.1, 0.15) is 11.4 Å². The summed E-state index contributed by atoms with van der Waals surface area (Å²) in [4.78, 5) is 40.7. The molecule has 36 heavy (non-hydrogen) atoms. The second-order valence-electron chi connectivity index (χ2n) is 9.38. The van der Waals surface area contributed by atoms with Gasteiger partial charge in [-0.1, -0.05) is 91.0 Å². The topological polar surface area (TPSA) is 104 Å². The van der Waals surface area contributed by atoms with E-state index in [0.29, 0.717) is 5.56 Å². The van der Waals surface area contributed by atoms with Crippen molar-refractivity contribution >= 4 is 28.6 Å². The molecule has 5 atom stereocenters. The molecule has 3 aromatic rings. The van der Waals surface area contributed by atoms with Crippen molar-refractivity contribution in [3.63, 3.8) is 0 Å². The molecular weight excluding hydrogens is 476 g/mol. The Morgan fingerprint density at radius 2 is 1.44 bits per heavy atom. The molecule has 0 spiro atoms.